The van der Waals surface area contributed by atoms with E-state index < -0.39 is 5.92 Å². The molecule has 28 heavy (non-hydrogen) atoms. The number of oxime groups is 1. The Morgan fingerprint density at radius 1 is 1.00 bits per heavy atom. The number of aryl methyl sites for hydroxylation is 2. The van der Waals surface area contributed by atoms with Crippen molar-refractivity contribution in [3.05, 3.63) is 65.2 Å². The van der Waals surface area contributed by atoms with E-state index in [-0.39, 0.29) is 11.7 Å². The van der Waals surface area contributed by atoms with Crippen LogP contribution in [0.1, 0.15) is 54.1 Å². The number of para-hydroxylation sites is 1. The fourth-order valence-electron chi connectivity index (χ4n) is 3.31. The van der Waals surface area contributed by atoms with E-state index in [1.54, 1.807) is 12.1 Å². The highest BCUT2D eigenvalue weighted by Gasteiger charge is 2.24. The first-order chi connectivity index (χ1) is 13.5. The van der Waals surface area contributed by atoms with E-state index in [4.69, 9.17) is 0 Å². The zero-order chi connectivity index (χ0) is 20.5. The molecule has 2 rings (SSSR count). The van der Waals surface area contributed by atoms with Crippen LogP contribution in [0.5, 0.6) is 0 Å². The van der Waals surface area contributed by atoms with Gasteiger partial charge in [0.1, 0.15) is 0 Å². The van der Waals surface area contributed by atoms with E-state index in [9.17, 15) is 14.8 Å². The van der Waals surface area contributed by atoms with Crippen molar-refractivity contribution in [2.75, 3.05) is 5.32 Å². The van der Waals surface area contributed by atoms with E-state index in [1.165, 1.54) is 0 Å². The summed E-state index contributed by atoms with van der Waals surface area (Å²) in [6.45, 7) is 5.81. The zero-order valence-corrected chi connectivity index (χ0v) is 16.7. The Morgan fingerprint density at radius 3 is 2.21 bits per heavy atom. The Hall–Kier alpha value is -2.95. The summed E-state index contributed by atoms with van der Waals surface area (Å²) in [5.41, 5.74) is 3.91. The van der Waals surface area contributed by atoms with Crippen LogP contribution in [0, 0.1) is 19.8 Å². The first kappa shape index (κ1) is 21.4. The quantitative estimate of drug-likeness (QED) is 0.273. The van der Waals surface area contributed by atoms with Gasteiger partial charge in [-0.05, 0) is 44.2 Å². The molecule has 5 nitrogen and oxygen atoms in total. The summed E-state index contributed by atoms with van der Waals surface area (Å²) in [4.78, 5) is 25.0. The molecular weight excluding hydrogens is 352 g/mol. The van der Waals surface area contributed by atoms with Gasteiger partial charge < -0.3 is 10.5 Å². The normalized spacial score (nSPS) is 12.5. The first-order valence-corrected chi connectivity index (χ1v) is 9.64. The van der Waals surface area contributed by atoms with Gasteiger partial charge in [-0.3, -0.25) is 9.59 Å². The molecule has 2 N–H and O–H groups in total. The summed E-state index contributed by atoms with van der Waals surface area (Å²) >= 11 is 0. The van der Waals surface area contributed by atoms with Crippen molar-refractivity contribution in [2.45, 2.75) is 46.5 Å². The highest BCUT2D eigenvalue weighted by Crippen LogP contribution is 2.21. The van der Waals surface area contributed by atoms with E-state index in [2.05, 4.69) is 10.5 Å². The van der Waals surface area contributed by atoms with Crippen LogP contribution >= 0.6 is 0 Å². The van der Waals surface area contributed by atoms with Gasteiger partial charge in [0.05, 0.1) is 11.6 Å². The van der Waals surface area contributed by atoms with Crippen molar-refractivity contribution in [1.82, 2.24) is 0 Å². The number of anilines is 1. The number of benzene rings is 2. The van der Waals surface area contributed by atoms with Crippen LogP contribution < -0.4 is 5.32 Å². The number of Topliss-reactive ketones (excluding diaryl/α,β-unsaturated/α-hetero) is 1. The Morgan fingerprint density at radius 2 is 1.64 bits per heavy atom. The largest absolute Gasteiger partial charge is 0.411 e. The summed E-state index contributed by atoms with van der Waals surface area (Å²) in [5.74, 6) is -0.623. The molecule has 0 heterocycles. The molecule has 148 valence electrons. The SMILES string of the molecule is CC[C@H](C(=O)c1ccccc1)/C(CCCC(=O)Nc1c(C)cccc1C)=N\O. The van der Waals surface area contributed by atoms with E-state index in [0.717, 1.165) is 16.8 Å². The average molecular weight is 380 g/mol. The number of hydrogen-bond acceptors (Lipinski definition) is 4. The lowest BCUT2D eigenvalue weighted by atomic mass is 9.88. The maximum absolute atomic E-state index is 12.7. The van der Waals surface area contributed by atoms with Crippen molar-refractivity contribution < 1.29 is 14.8 Å². The molecule has 0 aliphatic carbocycles. The number of ketones is 1. The second kappa shape index (κ2) is 10.4. The van der Waals surface area contributed by atoms with Crippen LogP contribution in [0.4, 0.5) is 5.69 Å². The van der Waals surface area contributed by atoms with Crippen molar-refractivity contribution in [3.63, 3.8) is 0 Å². The third-order valence-corrected chi connectivity index (χ3v) is 4.90. The number of nitrogens with zero attached hydrogens (tertiary/aromatic N) is 1. The minimum atomic E-state index is -0.478. The summed E-state index contributed by atoms with van der Waals surface area (Å²) in [6, 6.07) is 14.9. The lowest BCUT2D eigenvalue weighted by molar-refractivity contribution is -0.116. The molecule has 0 spiro atoms. The van der Waals surface area contributed by atoms with Gasteiger partial charge in [-0.2, -0.15) is 0 Å². The highest BCUT2D eigenvalue weighted by atomic mass is 16.4. The Bertz CT molecular complexity index is 824. The van der Waals surface area contributed by atoms with Crippen LogP contribution in [-0.2, 0) is 4.79 Å². The summed E-state index contributed by atoms with van der Waals surface area (Å²) in [5, 5.41) is 15.8. The smallest absolute Gasteiger partial charge is 0.224 e. The Labute approximate surface area is 166 Å². The molecule has 0 aliphatic heterocycles. The minimum Gasteiger partial charge on any atom is -0.411 e. The molecule has 0 aliphatic rings. The van der Waals surface area contributed by atoms with Crippen LogP contribution in [0.15, 0.2) is 53.7 Å². The van der Waals surface area contributed by atoms with Crippen LogP contribution in [-0.4, -0.2) is 22.6 Å². The van der Waals surface area contributed by atoms with Crippen molar-refractivity contribution in [2.24, 2.45) is 11.1 Å². The monoisotopic (exact) mass is 380 g/mol. The van der Waals surface area contributed by atoms with Gasteiger partial charge >= 0.3 is 0 Å². The molecule has 2 aromatic carbocycles. The molecule has 1 amide bonds. The van der Waals surface area contributed by atoms with Gasteiger partial charge in [0.2, 0.25) is 5.91 Å². The van der Waals surface area contributed by atoms with Crippen LogP contribution in [0.25, 0.3) is 0 Å². The molecule has 0 radical (unpaired) electrons. The maximum Gasteiger partial charge on any atom is 0.224 e. The van der Waals surface area contributed by atoms with Crippen molar-refractivity contribution in [3.8, 4) is 0 Å². The van der Waals surface area contributed by atoms with Gasteiger partial charge in [0.25, 0.3) is 0 Å². The maximum atomic E-state index is 12.7. The minimum absolute atomic E-state index is 0.0594. The van der Waals surface area contributed by atoms with E-state index >= 15 is 0 Å². The van der Waals surface area contributed by atoms with E-state index in [1.807, 2.05) is 57.2 Å². The summed E-state index contributed by atoms with van der Waals surface area (Å²) < 4.78 is 0. The third kappa shape index (κ3) is 5.52. The number of carbonyl (C=O) groups is 2. The summed E-state index contributed by atoms with van der Waals surface area (Å²) in [7, 11) is 0. The second-order valence-electron chi connectivity index (χ2n) is 6.95. The van der Waals surface area contributed by atoms with Gasteiger partial charge in [0.15, 0.2) is 5.78 Å². The lowest BCUT2D eigenvalue weighted by Gasteiger charge is -2.16. The molecule has 5 heteroatoms. The van der Waals surface area contributed by atoms with E-state index in [0.29, 0.717) is 37.0 Å². The topological polar surface area (TPSA) is 78.8 Å². The fourth-order valence-corrected chi connectivity index (χ4v) is 3.31. The highest BCUT2D eigenvalue weighted by molar-refractivity contribution is 6.12. The van der Waals surface area contributed by atoms with Crippen molar-refractivity contribution >= 4 is 23.1 Å². The molecule has 0 bridgehead atoms. The second-order valence-corrected chi connectivity index (χ2v) is 6.95. The molecule has 0 fully saturated rings. The molecule has 2 aromatic rings. The number of hydrogen-bond donors (Lipinski definition) is 2. The standard InChI is InChI=1S/C23H28N2O3/c1-4-19(23(27)18-12-6-5-7-13-18)20(25-28)14-9-15-21(26)24-22-16(2)10-8-11-17(22)3/h5-8,10-13,19,28H,4,9,14-15H2,1-3H3,(H,24,26)/b25-20-/t19-/m0/s1. The van der Waals surface area contributed by atoms with Crippen molar-refractivity contribution in [1.29, 1.82) is 0 Å². The molecule has 0 saturated carbocycles. The summed E-state index contributed by atoms with van der Waals surface area (Å²) in [6.07, 6.45) is 1.74. The molecule has 0 saturated heterocycles. The lowest BCUT2D eigenvalue weighted by Crippen LogP contribution is -2.24. The van der Waals surface area contributed by atoms with Crippen LogP contribution in [0.3, 0.4) is 0 Å². The van der Waals surface area contributed by atoms with Gasteiger partial charge in [-0.15, -0.1) is 0 Å². The van der Waals surface area contributed by atoms with Gasteiger partial charge in [0, 0.05) is 17.7 Å². The number of carbonyl (C=O) groups excluding carboxylic acids is 2. The molecule has 0 unspecified atom stereocenters. The number of rotatable bonds is 9. The van der Waals surface area contributed by atoms with Gasteiger partial charge in [-0.25, -0.2) is 0 Å². The molecule has 0 aromatic heterocycles. The number of nitrogens with one attached hydrogen (secondary N) is 1. The predicted molar refractivity (Wildman–Crippen MR) is 112 cm³/mol. The fraction of sp³-hybridized carbons (Fsp3) is 0.348. The first-order valence-electron chi connectivity index (χ1n) is 9.64. The average Bonchev–Trinajstić information content (AvgIpc) is 2.70. The molecular formula is C23H28N2O3. The Kier molecular flexibility index (Phi) is 7.93. The van der Waals surface area contributed by atoms with Crippen LogP contribution in [0.2, 0.25) is 0 Å². The molecule has 1 atom stereocenters. The van der Waals surface area contributed by atoms with Gasteiger partial charge in [-0.1, -0.05) is 60.6 Å². The number of amides is 1. The Balaban J connectivity index is 1.94. The zero-order valence-electron chi connectivity index (χ0n) is 16.7. The third-order valence-electron chi connectivity index (χ3n) is 4.90. The predicted octanol–water partition coefficient (Wildman–Crippen LogP) is 5.15.